The van der Waals surface area contributed by atoms with E-state index in [9.17, 15) is 27.2 Å². The van der Waals surface area contributed by atoms with Crippen molar-refractivity contribution >= 4 is 11.9 Å². The number of ether oxygens (including phenoxy) is 1. The van der Waals surface area contributed by atoms with E-state index in [2.05, 4.69) is 20.0 Å². The SMILES string of the molecule is O=C(O)c1ccc(C(=O)N[C@]2(c3ccc(OC(F)(F)F)c(F)c3)CCCc3cccnc32)nc1. The molecule has 7 nitrogen and oxygen atoms in total. The summed E-state index contributed by atoms with van der Waals surface area (Å²) in [6.45, 7) is 0. The summed E-state index contributed by atoms with van der Waals surface area (Å²) in [4.78, 5) is 32.4. The van der Waals surface area contributed by atoms with Crippen LogP contribution in [0.5, 0.6) is 5.75 Å². The molecule has 1 aliphatic carbocycles. The number of pyridine rings is 2. The molecule has 34 heavy (non-hydrogen) atoms. The molecule has 0 saturated carbocycles. The lowest BCUT2D eigenvalue weighted by molar-refractivity contribution is -0.275. The van der Waals surface area contributed by atoms with Crippen LogP contribution in [0.15, 0.2) is 54.9 Å². The highest BCUT2D eigenvalue weighted by Gasteiger charge is 2.42. The molecule has 1 atom stereocenters. The maximum absolute atomic E-state index is 14.6. The molecular weight excluding hydrogens is 458 g/mol. The Morgan fingerprint density at radius 2 is 1.91 bits per heavy atom. The largest absolute Gasteiger partial charge is 0.573 e. The van der Waals surface area contributed by atoms with Crippen LogP contribution < -0.4 is 10.1 Å². The zero-order valence-corrected chi connectivity index (χ0v) is 17.4. The molecule has 176 valence electrons. The third-order valence-corrected chi connectivity index (χ3v) is 5.51. The highest BCUT2D eigenvalue weighted by atomic mass is 19.4. The number of aromatic carboxylic acids is 1. The Labute approximate surface area is 190 Å². The van der Waals surface area contributed by atoms with Gasteiger partial charge in [0, 0.05) is 12.4 Å². The number of hydrogen-bond acceptors (Lipinski definition) is 5. The first-order chi connectivity index (χ1) is 16.1. The summed E-state index contributed by atoms with van der Waals surface area (Å²) < 4.78 is 56.1. The van der Waals surface area contributed by atoms with Gasteiger partial charge in [-0.1, -0.05) is 12.1 Å². The molecule has 1 amide bonds. The number of carboxylic acids is 1. The second kappa shape index (κ2) is 8.73. The molecule has 1 aromatic carbocycles. The van der Waals surface area contributed by atoms with E-state index in [1.807, 2.05) is 0 Å². The topological polar surface area (TPSA) is 101 Å². The minimum atomic E-state index is -5.07. The molecule has 11 heteroatoms. The van der Waals surface area contributed by atoms with Crippen LogP contribution in [-0.4, -0.2) is 33.3 Å². The average Bonchev–Trinajstić information content (AvgIpc) is 2.79. The molecule has 0 radical (unpaired) electrons. The van der Waals surface area contributed by atoms with Crippen LogP contribution in [-0.2, 0) is 12.0 Å². The minimum absolute atomic E-state index is 0.0927. The van der Waals surface area contributed by atoms with Crippen molar-refractivity contribution in [1.82, 2.24) is 15.3 Å². The van der Waals surface area contributed by atoms with Crippen LogP contribution in [0.4, 0.5) is 17.6 Å². The minimum Gasteiger partial charge on any atom is -0.478 e. The van der Waals surface area contributed by atoms with Crippen molar-refractivity contribution in [3.63, 3.8) is 0 Å². The average molecular weight is 475 g/mol. The lowest BCUT2D eigenvalue weighted by atomic mass is 9.75. The highest BCUT2D eigenvalue weighted by Crippen LogP contribution is 2.41. The summed E-state index contributed by atoms with van der Waals surface area (Å²) in [6, 6.07) is 8.94. The molecule has 0 saturated heterocycles. The number of benzene rings is 1. The molecular formula is C23H17F4N3O4. The first-order valence-electron chi connectivity index (χ1n) is 10.1. The molecule has 0 unspecified atom stereocenters. The molecule has 0 spiro atoms. The molecule has 4 rings (SSSR count). The monoisotopic (exact) mass is 475 g/mol. The number of nitrogens with one attached hydrogen (secondary N) is 1. The number of halogens is 4. The molecule has 2 aromatic heterocycles. The first kappa shape index (κ1) is 23.1. The number of fused-ring (bicyclic) bond motifs is 1. The number of carbonyl (C=O) groups excluding carboxylic acids is 1. The van der Waals surface area contributed by atoms with E-state index in [-0.39, 0.29) is 23.2 Å². The second-order valence-electron chi connectivity index (χ2n) is 7.65. The van der Waals surface area contributed by atoms with Gasteiger partial charge in [0.1, 0.15) is 11.2 Å². The van der Waals surface area contributed by atoms with Crippen molar-refractivity contribution in [3.8, 4) is 5.75 Å². The second-order valence-corrected chi connectivity index (χ2v) is 7.65. The number of amides is 1. The Hall–Kier alpha value is -4.02. The van der Waals surface area contributed by atoms with Crippen LogP contribution >= 0.6 is 0 Å². The van der Waals surface area contributed by atoms with Gasteiger partial charge in [-0.2, -0.15) is 0 Å². The summed E-state index contributed by atoms with van der Waals surface area (Å²) in [5, 5.41) is 11.9. The summed E-state index contributed by atoms with van der Waals surface area (Å²) in [6.07, 6.45) is -1.03. The van der Waals surface area contributed by atoms with Crippen molar-refractivity contribution in [2.45, 2.75) is 31.2 Å². The predicted molar refractivity (Wildman–Crippen MR) is 110 cm³/mol. The van der Waals surface area contributed by atoms with E-state index in [0.717, 1.165) is 23.9 Å². The van der Waals surface area contributed by atoms with E-state index in [0.29, 0.717) is 18.5 Å². The Morgan fingerprint density at radius 3 is 2.56 bits per heavy atom. The number of hydrogen-bond donors (Lipinski definition) is 2. The predicted octanol–water partition coefficient (Wildman–Crippen LogP) is 4.22. The fourth-order valence-corrected chi connectivity index (χ4v) is 4.05. The van der Waals surface area contributed by atoms with Crippen LogP contribution in [0.2, 0.25) is 0 Å². The summed E-state index contributed by atoms with van der Waals surface area (Å²) in [5.41, 5.74) is -0.172. The molecule has 3 aromatic rings. The molecule has 0 aliphatic heterocycles. The fourth-order valence-electron chi connectivity index (χ4n) is 4.05. The van der Waals surface area contributed by atoms with Gasteiger partial charge >= 0.3 is 12.3 Å². The van der Waals surface area contributed by atoms with Gasteiger partial charge in [-0.05, 0) is 60.7 Å². The van der Waals surface area contributed by atoms with Gasteiger partial charge in [-0.25, -0.2) is 9.18 Å². The van der Waals surface area contributed by atoms with Crippen LogP contribution in [0.25, 0.3) is 0 Å². The summed E-state index contributed by atoms with van der Waals surface area (Å²) in [5.74, 6) is -4.15. The lowest BCUT2D eigenvalue weighted by Crippen LogP contribution is -2.49. The van der Waals surface area contributed by atoms with Gasteiger partial charge in [0.25, 0.3) is 5.91 Å². The van der Waals surface area contributed by atoms with Gasteiger partial charge in [-0.15, -0.1) is 13.2 Å². The van der Waals surface area contributed by atoms with Crippen molar-refractivity contribution < 1.29 is 37.0 Å². The van der Waals surface area contributed by atoms with Crippen molar-refractivity contribution in [3.05, 3.63) is 88.8 Å². The Morgan fingerprint density at radius 1 is 1.12 bits per heavy atom. The lowest BCUT2D eigenvalue weighted by Gasteiger charge is -2.39. The maximum atomic E-state index is 14.6. The van der Waals surface area contributed by atoms with E-state index in [1.54, 1.807) is 12.1 Å². The number of aryl methyl sites for hydroxylation is 1. The summed E-state index contributed by atoms with van der Waals surface area (Å²) >= 11 is 0. The van der Waals surface area contributed by atoms with Gasteiger partial charge in [-0.3, -0.25) is 14.8 Å². The van der Waals surface area contributed by atoms with Crippen LogP contribution in [0.1, 0.15) is 50.5 Å². The van der Waals surface area contributed by atoms with Crippen LogP contribution in [0.3, 0.4) is 0 Å². The smallest absolute Gasteiger partial charge is 0.478 e. The zero-order chi connectivity index (χ0) is 24.5. The Kier molecular flexibility index (Phi) is 5.94. The summed E-state index contributed by atoms with van der Waals surface area (Å²) in [7, 11) is 0. The first-order valence-corrected chi connectivity index (χ1v) is 10.1. The Balaban J connectivity index is 1.78. The van der Waals surface area contributed by atoms with Gasteiger partial charge < -0.3 is 15.2 Å². The molecule has 1 aliphatic rings. The number of aromatic nitrogens is 2. The van der Waals surface area contributed by atoms with Crippen molar-refractivity contribution in [2.75, 3.05) is 0 Å². The number of carboxylic acid groups (broad SMARTS) is 1. The Bertz CT molecular complexity index is 1250. The van der Waals surface area contributed by atoms with Gasteiger partial charge in [0.05, 0.1) is 11.3 Å². The number of nitrogens with zero attached hydrogens (tertiary/aromatic N) is 2. The van der Waals surface area contributed by atoms with E-state index in [4.69, 9.17) is 5.11 Å². The van der Waals surface area contributed by atoms with Gasteiger partial charge in [0.15, 0.2) is 11.6 Å². The van der Waals surface area contributed by atoms with Gasteiger partial charge in [0.2, 0.25) is 0 Å². The van der Waals surface area contributed by atoms with E-state index >= 15 is 0 Å². The van der Waals surface area contributed by atoms with E-state index in [1.165, 1.54) is 24.4 Å². The van der Waals surface area contributed by atoms with E-state index < -0.39 is 35.3 Å². The standard InChI is InChI=1S/C23H17F4N3O4/c24-16-11-15(6-8-18(16)34-23(25,26)27)22(9-1-3-13-4-2-10-28-19(13)22)30-20(31)17-7-5-14(12-29-17)21(32)33/h2,4-8,10-12H,1,3,9H2,(H,30,31)(H,32,33)/t22-/m0/s1. The third kappa shape index (κ3) is 4.54. The number of rotatable bonds is 5. The normalized spacial score (nSPS) is 17.5. The quantitative estimate of drug-likeness (QED) is 0.536. The fraction of sp³-hybridized carbons (Fsp3) is 0.217. The molecule has 0 bridgehead atoms. The van der Waals surface area contributed by atoms with Crippen molar-refractivity contribution in [1.29, 1.82) is 0 Å². The maximum Gasteiger partial charge on any atom is 0.573 e. The molecule has 2 heterocycles. The zero-order valence-electron chi connectivity index (χ0n) is 17.4. The van der Waals surface area contributed by atoms with Crippen LogP contribution in [0, 0.1) is 5.82 Å². The number of carbonyl (C=O) groups is 2. The number of alkyl halides is 3. The van der Waals surface area contributed by atoms with Crippen molar-refractivity contribution in [2.24, 2.45) is 0 Å². The molecule has 2 N–H and O–H groups in total. The highest BCUT2D eigenvalue weighted by molar-refractivity contribution is 5.94. The third-order valence-electron chi connectivity index (χ3n) is 5.51. The molecule has 0 fully saturated rings.